The van der Waals surface area contributed by atoms with Gasteiger partial charge in [-0.1, -0.05) is 25.0 Å². The predicted octanol–water partition coefficient (Wildman–Crippen LogP) is 2.12. The third-order valence-corrected chi connectivity index (χ3v) is 3.40. The number of hydrogen-bond acceptors (Lipinski definition) is 3. The number of ether oxygens (including phenoxy) is 1. The number of rotatable bonds is 3. The molecule has 0 bridgehead atoms. The third kappa shape index (κ3) is 3.61. The van der Waals surface area contributed by atoms with Crippen LogP contribution in [0.25, 0.3) is 0 Å². The Kier molecular flexibility index (Phi) is 4.63. The van der Waals surface area contributed by atoms with Gasteiger partial charge < -0.3 is 20.5 Å². The number of methoxy groups -OCH3 is 1. The Balaban J connectivity index is 1.93. The number of anilines is 1. The van der Waals surface area contributed by atoms with E-state index in [9.17, 15) is 9.90 Å². The standard InChI is InChI=1S/C14H20N2O3/c1-19-13-9-5-3-7-11(13)16-14(18)15-10-6-2-4-8-12(10)17/h3,5,7,9-10,12,17H,2,4,6,8H2,1H3,(H2,15,16,18). The summed E-state index contributed by atoms with van der Waals surface area (Å²) in [6.07, 6.45) is 3.18. The molecule has 2 rings (SSSR count). The van der Waals surface area contributed by atoms with Crippen molar-refractivity contribution in [2.45, 2.75) is 37.8 Å². The highest BCUT2D eigenvalue weighted by molar-refractivity contribution is 5.91. The van der Waals surface area contributed by atoms with Gasteiger partial charge in [0.15, 0.2) is 0 Å². The SMILES string of the molecule is COc1ccccc1NC(=O)NC1CCCCC1O. The molecular weight excluding hydrogens is 244 g/mol. The third-order valence-electron chi connectivity index (χ3n) is 3.40. The zero-order valence-electron chi connectivity index (χ0n) is 11.1. The normalized spacial score (nSPS) is 22.6. The number of carbonyl (C=O) groups excluding carboxylic acids is 1. The van der Waals surface area contributed by atoms with Gasteiger partial charge >= 0.3 is 6.03 Å². The molecule has 1 saturated carbocycles. The highest BCUT2D eigenvalue weighted by Gasteiger charge is 2.24. The lowest BCUT2D eigenvalue weighted by Crippen LogP contribution is -2.46. The molecule has 0 spiro atoms. The fraction of sp³-hybridized carbons (Fsp3) is 0.500. The minimum Gasteiger partial charge on any atom is -0.495 e. The van der Waals surface area contributed by atoms with E-state index in [1.54, 1.807) is 19.2 Å². The van der Waals surface area contributed by atoms with Crippen LogP contribution in [-0.2, 0) is 0 Å². The van der Waals surface area contributed by atoms with Gasteiger partial charge in [-0.2, -0.15) is 0 Å². The number of hydrogen-bond donors (Lipinski definition) is 3. The lowest BCUT2D eigenvalue weighted by Gasteiger charge is -2.28. The molecule has 104 valence electrons. The summed E-state index contributed by atoms with van der Waals surface area (Å²) in [7, 11) is 1.56. The summed E-state index contributed by atoms with van der Waals surface area (Å²) in [5.74, 6) is 0.613. The Morgan fingerprint density at radius 2 is 2.05 bits per heavy atom. The van der Waals surface area contributed by atoms with Crippen LogP contribution >= 0.6 is 0 Å². The Labute approximate surface area is 113 Å². The van der Waals surface area contributed by atoms with Gasteiger partial charge in [-0.3, -0.25) is 0 Å². The molecule has 0 radical (unpaired) electrons. The van der Waals surface area contributed by atoms with E-state index < -0.39 is 6.10 Å². The van der Waals surface area contributed by atoms with Crippen LogP contribution in [0.4, 0.5) is 10.5 Å². The second-order valence-corrected chi connectivity index (χ2v) is 4.76. The van der Waals surface area contributed by atoms with Gasteiger partial charge in [0.1, 0.15) is 5.75 Å². The largest absolute Gasteiger partial charge is 0.495 e. The van der Waals surface area contributed by atoms with Gasteiger partial charge in [-0.05, 0) is 25.0 Å². The minimum atomic E-state index is -0.447. The molecule has 1 aromatic carbocycles. The number of urea groups is 1. The molecule has 0 aromatic heterocycles. The quantitative estimate of drug-likeness (QED) is 0.783. The van der Waals surface area contributed by atoms with Crippen molar-refractivity contribution >= 4 is 11.7 Å². The molecule has 0 heterocycles. The summed E-state index contributed by atoms with van der Waals surface area (Å²) < 4.78 is 5.17. The molecule has 1 fully saturated rings. The summed E-state index contributed by atoms with van der Waals surface area (Å²) in [5.41, 5.74) is 0.618. The van der Waals surface area contributed by atoms with Gasteiger partial charge in [0.05, 0.1) is 24.9 Å². The minimum absolute atomic E-state index is 0.163. The van der Waals surface area contributed by atoms with E-state index in [1.165, 1.54) is 0 Å². The summed E-state index contributed by atoms with van der Waals surface area (Å²) in [5, 5.41) is 15.4. The van der Waals surface area contributed by atoms with Crippen LogP contribution in [0, 0.1) is 0 Å². The number of amides is 2. The molecule has 2 unspecified atom stereocenters. The fourth-order valence-electron chi connectivity index (χ4n) is 2.35. The molecule has 5 heteroatoms. The van der Waals surface area contributed by atoms with Crippen LogP contribution in [0.15, 0.2) is 24.3 Å². The summed E-state index contributed by atoms with van der Waals surface area (Å²) in [6, 6.07) is 6.75. The molecule has 3 N–H and O–H groups in total. The summed E-state index contributed by atoms with van der Waals surface area (Å²) >= 11 is 0. The van der Waals surface area contributed by atoms with E-state index in [2.05, 4.69) is 10.6 Å². The zero-order chi connectivity index (χ0) is 13.7. The number of aliphatic hydroxyl groups is 1. The Bertz CT molecular complexity index is 436. The molecule has 1 aliphatic carbocycles. The highest BCUT2D eigenvalue weighted by atomic mass is 16.5. The topological polar surface area (TPSA) is 70.6 Å². The Hall–Kier alpha value is -1.75. The molecule has 2 amide bonds. The number of aliphatic hydroxyl groups excluding tert-OH is 1. The molecule has 1 aliphatic rings. The maximum Gasteiger partial charge on any atom is 0.319 e. The van der Waals surface area contributed by atoms with Crippen molar-refractivity contribution in [1.29, 1.82) is 0 Å². The smallest absolute Gasteiger partial charge is 0.319 e. The van der Waals surface area contributed by atoms with Crippen LogP contribution in [0.5, 0.6) is 5.75 Å². The molecule has 1 aromatic rings. The Morgan fingerprint density at radius 3 is 2.79 bits per heavy atom. The van der Waals surface area contributed by atoms with Crippen molar-refractivity contribution in [3.8, 4) is 5.75 Å². The molecule has 5 nitrogen and oxygen atoms in total. The van der Waals surface area contributed by atoms with Crippen molar-refractivity contribution in [2.75, 3.05) is 12.4 Å². The van der Waals surface area contributed by atoms with Gasteiger partial charge in [0.2, 0.25) is 0 Å². The first-order valence-electron chi connectivity index (χ1n) is 6.59. The number of para-hydroxylation sites is 2. The summed E-state index contributed by atoms with van der Waals surface area (Å²) in [6.45, 7) is 0. The van der Waals surface area contributed by atoms with Crippen LogP contribution in [0.3, 0.4) is 0 Å². The number of carbonyl (C=O) groups is 1. The Morgan fingerprint density at radius 1 is 1.32 bits per heavy atom. The van der Waals surface area contributed by atoms with E-state index in [0.29, 0.717) is 11.4 Å². The van der Waals surface area contributed by atoms with Crippen molar-refractivity contribution in [3.05, 3.63) is 24.3 Å². The maximum absolute atomic E-state index is 11.9. The van der Waals surface area contributed by atoms with E-state index in [-0.39, 0.29) is 12.1 Å². The van der Waals surface area contributed by atoms with Gasteiger partial charge in [0.25, 0.3) is 0 Å². The molecular formula is C14H20N2O3. The highest BCUT2D eigenvalue weighted by Crippen LogP contribution is 2.23. The number of benzene rings is 1. The second kappa shape index (κ2) is 6.43. The second-order valence-electron chi connectivity index (χ2n) is 4.76. The van der Waals surface area contributed by atoms with E-state index >= 15 is 0 Å². The fourth-order valence-corrected chi connectivity index (χ4v) is 2.35. The van der Waals surface area contributed by atoms with Crippen molar-refractivity contribution in [1.82, 2.24) is 5.32 Å². The van der Waals surface area contributed by atoms with Gasteiger partial charge in [-0.15, -0.1) is 0 Å². The first kappa shape index (κ1) is 13.7. The first-order chi connectivity index (χ1) is 9.20. The van der Waals surface area contributed by atoms with E-state index in [4.69, 9.17) is 4.74 Å². The average Bonchev–Trinajstić information content (AvgIpc) is 2.42. The van der Waals surface area contributed by atoms with Crippen LogP contribution in [0.1, 0.15) is 25.7 Å². The maximum atomic E-state index is 11.9. The molecule has 0 saturated heterocycles. The van der Waals surface area contributed by atoms with Crippen molar-refractivity contribution in [3.63, 3.8) is 0 Å². The summed E-state index contributed by atoms with van der Waals surface area (Å²) in [4.78, 5) is 11.9. The zero-order valence-corrected chi connectivity index (χ0v) is 11.1. The van der Waals surface area contributed by atoms with Crippen LogP contribution < -0.4 is 15.4 Å². The monoisotopic (exact) mass is 264 g/mol. The number of nitrogens with one attached hydrogen (secondary N) is 2. The van der Waals surface area contributed by atoms with Gasteiger partial charge in [0, 0.05) is 0 Å². The lowest BCUT2D eigenvalue weighted by molar-refractivity contribution is 0.0955. The molecule has 0 aliphatic heterocycles. The predicted molar refractivity (Wildman–Crippen MR) is 73.4 cm³/mol. The van der Waals surface area contributed by atoms with Crippen LogP contribution in [-0.4, -0.2) is 30.4 Å². The molecule has 2 atom stereocenters. The van der Waals surface area contributed by atoms with Crippen molar-refractivity contribution < 1.29 is 14.6 Å². The molecule has 19 heavy (non-hydrogen) atoms. The first-order valence-corrected chi connectivity index (χ1v) is 6.59. The lowest BCUT2D eigenvalue weighted by atomic mass is 9.93. The van der Waals surface area contributed by atoms with Crippen LogP contribution in [0.2, 0.25) is 0 Å². The van der Waals surface area contributed by atoms with Crippen molar-refractivity contribution in [2.24, 2.45) is 0 Å². The van der Waals surface area contributed by atoms with E-state index in [0.717, 1.165) is 25.7 Å². The van der Waals surface area contributed by atoms with Gasteiger partial charge in [-0.25, -0.2) is 4.79 Å². The van der Waals surface area contributed by atoms with E-state index in [1.807, 2.05) is 12.1 Å². The average molecular weight is 264 g/mol.